The van der Waals surface area contributed by atoms with Crippen molar-refractivity contribution in [2.24, 2.45) is 5.41 Å². The lowest BCUT2D eigenvalue weighted by molar-refractivity contribution is 0.0928. The van der Waals surface area contributed by atoms with Gasteiger partial charge < -0.3 is 5.32 Å². The highest BCUT2D eigenvalue weighted by molar-refractivity contribution is 9.10. The summed E-state index contributed by atoms with van der Waals surface area (Å²) in [5.41, 5.74) is 0.582. The third-order valence-corrected chi connectivity index (χ3v) is 3.80. The predicted octanol–water partition coefficient (Wildman–Crippen LogP) is 4.18. The van der Waals surface area contributed by atoms with Crippen LogP contribution in [0.25, 0.3) is 0 Å². The Balaban J connectivity index is 2.47. The molecule has 0 saturated carbocycles. The molecule has 3 nitrogen and oxygen atoms in total. The molecular formula is C15H23BrN2O. The fourth-order valence-electron chi connectivity index (χ4n) is 1.90. The third kappa shape index (κ3) is 5.72. The predicted molar refractivity (Wildman–Crippen MR) is 82.2 cm³/mol. The van der Waals surface area contributed by atoms with Gasteiger partial charge in [-0.1, -0.05) is 40.0 Å². The van der Waals surface area contributed by atoms with Crippen molar-refractivity contribution in [1.82, 2.24) is 10.3 Å². The number of nitrogens with one attached hydrogen (secondary N) is 1. The van der Waals surface area contributed by atoms with E-state index in [1.807, 2.05) is 6.07 Å². The zero-order chi connectivity index (χ0) is 14.3. The Morgan fingerprint density at radius 3 is 2.79 bits per heavy atom. The summed E-state index contributed by atoms with van der Waals surface area (Å²) in [6.07, 6.45) is 6.45. The average Bonchev–Trinajstić information content (AvgIpc) is 2.37. The molecule has 0 radical (unpaired) electrons. The molecule has 106 valence electrons. The van der Waals surface area contributed by atoms with Gasteiger partial charge in [0.2, 0.25) is 0 Å². The van der Waals surface area contributed by atoms with Gasteiger partial charge in [-0.15, -0.1) is 0 Å². The maximum absolute atomic E-state index is 12.0. The van der Waals surface area contributed by atoms with E-state index in [9.17, 15) is 4.79 Å². The minimum Gasteiger partial charge on any atom is -0.350 e. The summed E-state index contributed by atoms with van der Waals surface area (Å²) in [6, 6.07) is 3.63. The first-order valence-corrected chi connectivity index (χ1v) is 7.64. The lowest BCUT2D eigenvalue weighted by atomic mass is 9.87. The molecule has 4 heteroatoms. The van der Waals surface area contributed by atoms with Gasteiger partial charge in [-0.2, -0.15) is 0 Å². The molecule has 1 aromatic heterocycles. The minimum atomic E-state index is -0.115. The summed E-state index contributed by atoms with van der Waals surface area (Å²) in [6.45, 7) is 7.26. The molecule has 0 saturated heterocycles. The van der Waals surface area contributed by atoms with Crippen LogP contribution in [0.2, 0.25) is 0 Å². The largest absolute Gasteiger partial charge is 0.350 e. The van der Waals surface area contributed by atoms with Crippen LogP contribution in [0.4, 0.5) is 0 Å². The molecule has 0 aliphatic rings. The Hall–Kier alpha value is -0.900. The fourth-order valence-corrected chi connectivity index (χ4v) is 2.33. The number of pyridine rings is 1. The Bertz CT molecular complexity index is 418. The molecule has 0 atom stereocenters. The number of aromatic nitrogens is 1. The molecule has 0 spiro atoms. The van der Waals surface area contributed by atoms with E-state index in [1.165, 1.54) is 19.3 Å². The number of unbranched alkanes of at least 4 members (excludes halogenated alkanes) is 2. The van der Waals surface area contributed by atoms with Crippen LogP contribution in [-0.4, -0.2) is 17.4 Å². The van der Waals surface area contributed by atoms with Crippen molar-refractivity contribution in [3.8, 4) is 0 Å². The number of carbonyl (C=O) groups excluding carboxylic acids is 1. The van der Waals surface area contributed by atoms with Gasteiger partial charge in [0.05, 0.1) is 0 Å². The van der Waals surface area contributed by atoms with Crippen molar-refractivity contribution in [3.63, 3.8) is 0 Å². The van der Waals surface area contributed by atoms with Crippen molar-refractivity contribution in [1.29, 1.82) is 0 Å². The Kier molecular flexibility index (Phi) is 6.49. The van der Waals surface area contributed by atoms with E-state index in [4.69, 9.17) is 0 Å². The maximum atomic E-state index is 12.0. The molecule has 0 aromatic carbocycles. The number of hydrogen-bond acceptors (Lipinski definition) is 2. The summed E-state index contributed by atoms with van der Waals surface area (Å²) in [5, 5.41) is 2.98. The Morgan fingerprint density at radius 2 is 2.16 bits per heavy atom. The molecule has 19 heavy (non-hydrogen) atoms. The molecule has 1 rings (SSSR count). The van der Waals surface area contributed by atoms with Gasteiger partial charge in [0.1, 0.15) is 5.69 Å². The monoisotopic (exact) mass is 326 g/mol. The molecule has 1 aromatic rings. The highest BCUT2D eigenvalue weighted by Gasteiger charge is 2.19. The van der Waals surface area contributed by atoms with Crippen molar-refractivity contribution < 1.29 is 4.79 Å². The van der Waals surface area contributed by atoms with Crippen LogP contribution < -0.4 is 5.32 Å². The van der Waals surface area contributed by atoms with Crippen LogP contribution in [0, 0.1) is 5.41 Å². The van der Waals surface area contributed by atoms with Crippen LogP contribution in [-0.2, 0) is 0 Å². The highest BCUT2D eigenvalue weighted by Crippen LogP contribution is 2.23. The van der Waals surface area contributed by atoms with E-state index >= 15 is 0 Å². The second kappa shape index (κ2) is 7.63. The highest BCUT2D eigenvalue weighted by atomic mass is 79.9. The van der Waals surface area contributed by atoms with Gasteiger partial charge in [0.15, 0.2) is 0 Å². The number of hydrogen-bond donors (Lipinski definition) is 1. The number of carbonyl (C=O) groups is 1. The van der Waals surface area contributed by atoms with Crippen molar-refractivity contribution in [3.05, 3.63) is 28.5 Å². The first kappa shape index (κ1) is 16.2. The molecule has 0 unspecified atom stereocenters. The van der Waals surface area contributed by atoms with Crippen LogP contribution in [0.5, 0.6) is 0 Å². The van der Waals surface area contributed by atoms with E-state index in [1.54, 1.807) is 12.3 Å². The van der Waals surface area contributed by atoms with E-state index in [2.05, 4.69) is 47.0 Å². The minimum absolute atomic E-state index is 0.115. The van der Waals surface area contributed by atoms with Crippen LogP contribution in [0.15, 0.2) is 22.8 Å². The van der Waals surface area contributed by atoms with Crippen LogP contribution in [0.1, 0.15) is 56.9 Å². The Morgan fingerprint density at radius 1 is 1.42 bits per heavy atom. The Labute approximate surface area is 124 Å². The van der Waals surface area contributed by atoms with Crippen molar-refractivity contribution in [2.75, 3.05) is 6.54 Å². The van der Waals surface area contributed by atoms with Gasteiger partial charge in [0, 0.05) is 17.2 Å². The molecular weight excluding hydrogens is 304 g/mol. The summed E-state index contributed by atoms with van der Waals surface area (Å²) in [5.74, 6) is -0.115. The van der Waals surface area contributed by atoms with Gasteiger partial charge in [0.25, 0.3) is 5.91 Å². The van der Waals surface area contributed by atoms with Gasteiger partial charge in [-0.05, 0) is 39.9 Å². The standard InChI is InChI=1S/C15H23BrN2O/c1-4-5-6-9-15(2,3)11-18-14(19)13-12(16)8-7-10-17-13/h7-8,10H,4-6,9,11H2,1-3H3,(H,18,19). The average molecular weight is 327 g/mol. The second-order valence-electron chi connectivity index (χ2n) is 5.64. The zero-order valence-corrected chi connectivity index (χ0v) is 13.6. The van der Waals surface area contributed by atoms with Crippen molar-refractivity contribution >= 4 is 21.8 Å². The molecule has 1 N–H and O–H groups in total. The van der Waals surface area contributed by atoms with Gasteiger partial charge in [-0.25, -0.2) is 4.98 Å². The lowest BCUT2D eigenvalue weighted by Gasteiger charge is -2.24. The molecule has 1 amide bonds. The number of halogens is 1. The maximum Gasteiger partial charge on any atom is 0.271 e. The first-order chi connectivity index (χ1) is 8.96. The number of nitrogens with zero attached hydrogens (tertiary/aromatic N) is 1. The van der Waals surface area contributed by atoms with E-state index in [0.29, 0.717) is 12.2 Å². The van der Waals surface area contributed by atoms with Crippen LogP contribution >= 0.6 is 15.9 Å². The van der Waals surface area contributed by atoms with Crippen LogP contribution in [0.3, 0.4) is 0 Å². The second-order valence-corrected chi connectivity index (χ2v) is 6.49. The van der Waals surface area contributed by atoms with Gasteiger partial charge >= 0.3 is 0 Å². The quantitative estimate of drug-likeness (QED) is 0.763. The fraction of sp³-hybridized carbons (Fsp3) is 0.600. The van der Waals surface area contributed by atoms with Crippen molar-refractivity contribution in [2.45, 2.75) is 46.5 Å². The first-order valence-electron chi connectivity index (χ1n) is 6.85. The summed E-state index contributed by atoms with van der Waals surface area (Å²) < 4.78 is 0.733. The molecule has 0 fully saturated rings. The molecule has 0 aliphatic carbocycles. The summed E-state index contributed by atoms with van der Waals surface area (Å²) >= 11 is 3.35. The van der Waals surface area contributed by atoms with E-state index in [0.717, 1.165) is 10.9 Å². The topological polar surface area (TPSA) is 42.0 Å². The lowest BCUT2D eigenvalue weighted by Crippen LogP contribution is -2.34. The zero-order valence-electron chi connectivity index (χ0n) is 12.0. The molecule has 0 bridgehead atoms. The number of rotatable bonds is 7. The molecule has 0 aliphatic heterocycles. The van der Waals surface area contributed by atoms with E-state index in [-0.39, 0.29) is 11.3 Å². The summed E-state index contributed by atoms with van der Waals surface area (Å²) in [7, 11) is 0. The number of amides is 1. The smallest absolute Gasteiger partial charge is 0.271 e. The normalized spacial score (nSPS) is 11.4. The summed E-state index contributed by atoms with van der Waals surface area (Å²) in [4.78, 5) is 16.1. The van der Waals surface area contributed by atoms with E-state index < -0.39 is 0 Å². The third-order valence-electron chi connectivity index (χ3n) is 3.16. The van der Waals surface area contributed by atoms with Gasteiger partial charge in [-0.3, -0.25) is 4.79 Å². The molecule has 1 heterocycles. The SMILES string of the molecule is CCCCCC(C)(C)CNC(=O)c1ncccc1Br.